The topological polar surface area (TPSA) is 75.6 Å². The number of hydrogen-bond acceptors (Lipinski definition) is 5. The zero-order chi connectivity index (χ0) is 13.4. The number of aromatic nitrogens is 2. The molecule has 0 spiro atoms. The van der Waals surface area contributed by atoms with E-state index in [1.807, 2.05) is 6.92 Å². The smallest absolute Gasteiger partial charge is 0.323 e. The van der Waals surface area contributed by atoms with Crippen LogP contribution in [0.3, 0.4) is 0 Å². The van der Waals surface area contributed by atoms with E-state index < -0.39 is 5.97 Å². The van der Waals surface area contributed by atoms with E-state index in [2.05, 4.69) is 15.9 Å². The van der Waals surface area contributed by atoms with Crippen LogP contribution in [0.1, 0.15) is 13.3 Å². The quantitative estimate of drug-likeness (QED) is 0.720. The molecule has 6 nitrogen and oxygen atoms in total. The lowest BCUT2D eigenvalue weighted by Gasteiger charge is -2.18. The molecular formula is C12H15N3O3. The molecule has 96 valence electrons. The van der Waals surface area contributed by atoms with E-state index in [-0.39, 0.29) is 13.1 Å². The number of hydrogen-bond donors (Lipinski definition) is 1. The van der Waals surface area contributed by atoms with E-state index in [4.69, 9.17) is 16.3 Å². The van der Waals surface area contributed by atoms with Gasteiger partial charge in [-0.1, -0.05) is 12.8 Å². The van der Waals surface area contributed by atoms with Gasteiger partial charge in [0.05, 0.1) is 13.2 Å². The molecule has 0 saturated heterocycles. The molecule has 0 atom stereocenters. The Morgan fingerprint density at radius 3 is 3.00 bits per heavy atom. The molecule has 1 rings (SSSR count). The maximum Gasteiger partial charge on any atom is 0.323 e. The fraction of sp³-hybridized carbons (Fsp3) is 0.417. The Kier molecular flexibility index (Phi) is 5.45. The van der Waals surface area contributed by atoms with Crippen molar-refractivity contribution in [2.24, 2.45) is 0 Å². The molecule has 1 aromatic rings. The number of carboxylic acids is 1. The highest BCUT2D eigenvalue weighted by atomic mass is 16.5. The standard InChI is InChI=1S/C12H15N3O3/c1-3-5-15(8-12(16)17)10-7-11(14-9-13-10)18-6-4-2/h1,7,9H,4-6,8H2,2H3,(H,16,17). The van der Waals surface area contributed by atoms with Crippen molar-refractivity contribution in [3.63, 3.8) is 0 Å². The molecular weight excluding hydrogens is 234 g/mol. The van der Waals surface area contributed by atoms with Crippen LogP contribution in [0.25, 0.3) is 0 Å². The van der Waals surface area contributed by atoms with Crippen molar-refractivity contribution in [3.05, 3.63) is 12.4 Å². The largest absolute Gasteiger partial charge is 0.480 e. The number of anilines is 1. The van der Waals surface area contributed by atoms with Crippen molar-refractivity contribution in [1.82, 2.24) is 9.97 Å². The zero-order valence-electron chi connectivity index (χ0n) is 10.2. The van der Waals surface area contributed by atoms with Crippen molar-refractivity contribution in [3.8, 4) is 18.2 Å². The molecule has 0 fully saturated rings. The maximum atomic E-state index is 10.7. The minimum Gasteiger partial charge on any atom is -0.480 e. The zero-order valence-corrected chi connectivity index (χ0v) is 10.2. The van der Waals surface area contributed by atoms with E-state index in [9.17, 15) is 4.79 Å². The molecule has 18 heavy (non-hydrogen) atoms. The van der Waals surface area contributed by atoms with Gasteiger partial charge in [-0.2, -0.15) is 0 Å². The van der Waals surface area contributed by atoms with Crippen molar-refractivity contribution in [2.75, 3.05) is 24.6 Å². The fourth-order valence-corrected chi connectivity index (χ4v) is 1.28. The van der Waals surface area contributed by atoms with Crippen LogP contribution < -0.4 is 9.64 Å². The van der Waals surface area contributed by atoms with Gasteiger partial charge in [0, 0.05) is 6.07 Å². The van der Waals surface area contributed by atoms with Crippen LogP contribution >= 0.6 is 0 Å². The van der Waals surface area contributed by atoms with Crippen LogP contribution in [-0.2, 0) is 4.79 Å². The van der Waals surface area contributed by atoms with Crippen LogP contribution in [0.4, 0.5) is 5.82 Å². The molecule has 0 unspecified atom stereocenters. The summed E-state index contributed by atoms with van der Waals surface area (Å²) in [6, 6.07) is 1.58. The molecule has 0 aromatic carbocycles. The van der Waals surface area contributed by atoms with Crippen molar-refractivity contribution >= 4 is 11.8 Å². The van der Waals surface area contributed by atoms with Gasteiger partial charge in [-0.15, -0.1) is 6.42 Å². The molecule has 0 radical (unpaired) electrons. The third-order valence-electron chi connectivity index (χ3n) is 2.01. The highest BCUT2D eigenvalue weighted by Gasteiger charge is 2.12. The van der Waals surface area contributed by atoms with Gasteiger partial charge in [-0.3, -0.25) is 4.79 Å². The van der Waals surface area contributed by atoms with E-state index in [0.717, 1.165) is 6.42 Å². The summed E-state index contributed by atoms with van der Waals surface area (Å²) >= 11 is 0. The average molecular weight is 249 g/mol. The lowest BCUT2D eigenvalue weighted by Crippen LogP contribution is -2.30. The Hall–Kier alpha value is -2.29. The van der Waals surface area contributed by atoms with Gasteiger partial charge in [0.15, 0.2) is 0 Å². The Morgan fingerprint density at radius 2 is 2.39 bits per heavy atom. The number of terminal acetylenes is 1. The lowest BCUT2D eigenvalue weighted by molar-refractivity contribution is -0.135. The SMILES string of the molecule is C#CCN(CC(=O)O)c1cc(OCCC)ncn1. The Morgan fingerprint density at radius 1 is 1.61 bits per heavy atom. The fourth-order valence-electron chi connectivity index (χ4n) is 1.28. The normalized spacial score (nSPS) is 9.56. The molecule has 0 bridgehead atoms. The third-order valence-corrected chi connectivity index (χ3v) is 2.01. The Bertz CT molecular complexity index is 442. The first-order chi connectivity index (χ1) is 8.67. The van der Waals surface area contributed by atoms with Crippen LogP contribution in [0, 0.1) is 12.3 Å². The van der Waals surface area contributed by atoms with Gasteiger partial charge >= 0.3 is 5.97 Å². The van der Waals surface area contributed by atoms with Gasteiger partial charge in [-0.05, 0) is 6.42 Å². The van der Waals surface area contributed by atoms with Gasteiger partial charge in [0.2, 0.25) is 5.88 Å². The minimum absolute atomic E-state index is 0.163. The van der Waals surface area contributed by atoms with Gasteiger partial charge in [-0.25, -0.2) is 9.97 Å². The predicted molar refractivity (Wildman–Crippen MR) is 66.5 cm³/mol. The number of carbonyl (C=O) groups is 1. The highest BCUT2D eigenvalue weighted by Crippen LogP contribution is 2.15. The molecule has 1 heterocycles. The lowest BCUT2D eigenvalue weighted by atomic mass is 10.4. The Labute approximate surface area is 106 Å². The first-order valence-corrected chi connectivity index (χ1v) is 5.52. The molecule has 6 heteroatoms. The van der Waals surface area contributed by atoms with Crippen LogP contribution in [0.5, 0.6) is 5.88 Å². The molecule has 0 amide bonds. The molecule has 1 N–H and O–H groups in total. The van der Waals surface area contributed by atoms with Gasteiger partial charge in [0.1, 0.15) is 18.7 Å². The Balaban J connectivity index is 2.83. The summed E-state index contributed by atoms with van der Waals surface area (Å²) in [6.07, 6.45) is 7.39. The van der Waals surface area contributed by atoms with E-state index in [0.29, 0.717) is 18.3 Å². The average Bonchev–Trinajstić information content (AvgIpc) is 2.36. The highest BCUT2D eigenvalue weighted by molar-refractivity contribution is 5.73. The minimum atomic E-state index is -0.972. The number of ether oxygens (including phenoxy) is 1. The van der Waals surface area contributed by atoms with Crippen molar-refractivity contribution < 1.29 is 14.6 Å². The molecule has 0 saturated carbocycles. The second-order valence-electron chi connectivity index (χ2n) is 3.52. The summed E-state index contributed by atoms with van der Waals surface area (Å²) in [5.41, 5.74) is 0. The second-order valence-corrected chi connectivity index (χ2v) is 3.52. The summed E-state index contributed by atoms with van der Waals surface area (Å²) in [5.74, 6) is 2.28. The second kappa shape index (κ2) is 7.12. The third kappa shape index (κ3) is 4.29. The number of carboxylic acid groups (broad SMARTS) is 1. The van der Waals surface area contributed by atoms with Crippen LogP contribution in [-0.4, -0.2) is 40.7 Å². The molecule has 0 aliphatic rings. The first kappa shape index (κ1) is 13.8. The van der Waals surface area contributed by atoms with Crippen LogP contribution in [0.2, 0.25) is 0 Å². The molecule has 1 aromatic heterocycles. The first-order valence-electron chi connectivity index (χ1n) is 5.52. The van der Waals surface area contributed by atoms with E-state index >= 15 is 0 Å². The summed E-state index contributed by atoms with van der Waals surface area (Å²) in [4.78, 5) is 20.1. The van der Waals surface area contributed by atoms with Gasteiger partial charge < -0.3 is 14.7 Å². The van der Waals surface area contributed by atoms with Crippen LogP contribution in [0.15, 0.2) is 12.4 Å². The van der Waals surface area contributed by atoms with Crippen molar-refractivity contribution in [1.29, 1.82) is 0 Å². The molecule has 0 aliphatic carbocycles. The molecule has 0 aliphatic heterocycles. The number of nitrogens with zero attached hydrogens (tertiary/aromatic N) is 3. The summed E-state index contributed by atoms with van der Waals surface area (Å²) in [5, 5.41) is 8.80. The van der Waals surface area contributed by atoms with E-state index in [1.54, 1.807) is 6.07 Å². The predicted octanol–water partition coefficient (Wildman–Crippen LogP) is 0.790. The summed E-state index contributed by atoms with van der Waals surface area (Å²) in [6.45, 7) is 2.48. The number of rotatable bonds is 7. The maximum absolute atomic E-state index is 10.7. The summed E-state index contributed by atoms with van der Waals surface area (Å²) in [7, 11) is 0. The van der Waals surface area contributed by atoms with Gasteiger partial charge in [0.25, 0.3) is 0 Å². The van der Waals surface area contributed by atoms with Crippen molar-refractivity contribution in [2.45, 2.75) is 13.3 Å². The number of aliphatic carboxylic acids is 1. The van der Waals surface area contributed by atoms with E-state index in [1.165, 1.54) is 11.2 Å². The monoisotopic (exact) mass is 249 g/mol. The summed E-state index contributed by atoms with van der Waals surface area (Å²) < 4.78 is 5.35.